The second kappa shape index (κ2) is 10.1. The number of amides is 1. The highest BCUT2D eigenvalue weighted by Gasteiger charge is 2.08. The van der Waals surface area contributed by atoms with Crippen molar-refractivity contribution in [1.29, 1.82) is 0 Å². The smallest absolute Gasteiger partial charge is 0.220 e. The van der Waals surface area contributed by atoms with Crippen LogP contribution in [-0.2, 0) is 22.6 Å². The first kappa shape index (κ1) is 18.4. The summed E-state index contributed by atoms with van der Waals surface area (Å²) in [7, 11) is 1.62. The highest BCUT2D eigenvalue weighted by Crippen LogP contribution is 2.12. The number of methoxy groups -OCH3 is 1. The maximum absolute atomic E-state index is 11.7. The van der Waals surface area contributed by atoms with Crippen molar-refractivity contribution in [2.75, 3.05) is 20.3 Å². The molecular weight excluding hydrogens is 326 g/mol. The molecule has 1 unspecified atom stereocenters. The number of aliphatic hydroxyl groups excluding tert-OH is 1. The van der Waals surface area contributed by atoms with Gasteiger partial charge in [0, 0.05) is 13.0 Å². The standard InChI is InChI=1S/C18H23NO4S/c1-22-17-5-2-14(3-6-17)11-23-12-16(20)10-19-18(21)7-4-15-8-9-24-13-15/h2-3,5-6,8-9,13,16,20H,4,7,10-12H2,1H3,(H,19,21). The van der Waals surface area contributed by atoms with Crippen LogP contribution in [0.3, 0.4) is 0 Å². The molecule has 0 bridgehead atoms. The molecule has 1 heterocycles. The van der Waals surface area contributed by atoms with Crippen molar-refractivity contribution in [1.82, 2.24) is 5.32 Å². The molecule has 0 fully saturated rings. The minimum absolute atomic E-state index is 0.0598. The molecule has 130 valence electrons. The van der Waals surface area contributed by atoms with Crippen molar-refractivity contribution in [2.45, 2.75) is 25.6 Å². The van der Waals surface area contributed by atoms with Gasteiger partial charge in [-0.15, -0.1) is 0 Å². The third-order valence-electron chi connectivity index (χ3n) is 3.49. The molecule has 0 aliphatic heterocycles. The quantitative estimate of drug-likeness (QED) is 0.691. The average molecular weight is 349 g/mol. The normalized spacial score (nSPS) is 11.9. The Morgan fingerprint density at radius 3 is 2.71 bits per heavy atom. The van der Waals surface area contributed by atoms with E-state index in [1.807, 2.05) is 41.1 Å². The minimum Gasteiger partial charge on any atom is -0.497 e. The fraction of sp³-hybridized carbons (Fsp3) is 0.389. The number of carbonyl (C=O) groups is 1. The summed E-state index contributed by atoms with van der Waals surface area (Å²) in [4.78, 5) is 11.7. The number of hydrogen-bond acceptors (Lipinski definition) is 5. The summed E-state index contributed by atoms with van der Waals surface area (Å²) in [5.41, 5.74) is 2.17. The van der Waals surface area contributed by atoms with Gasteiger partial charge in [-0.25, -0.2) is 0 Å². The van der Waals surface area contributed by atoms with Gasteiger partial charge in [-0.1, -0.05) is 12.1 Å². The van der Waals surface area contributed by atoms with E-state index in [9.17, 15) is 9.90 Å². The third-order valence-corrected chi connectivity index (χ3v) is 4.23. The van der Waals surface area contributed by atoms with E-state index in [2.05, 4.69) is 5.32 Å². The number of benzene rings is 1. The zero-order valence-corrected chi connectivity index (χ0v) is 14.6. The van der Waals surface area contributed by atoms with Gasteiger partial charge in [-0.05, 0) is 46.5 Å². The number of rotatable bonds is 10. The van der Waals surface area contributed by atoms with Gasteiger partial charge >= 0.3 is 0 Å². The van der Waals surface area contributed by atoms with Crippen molar-refractivity contribution in [3.05, 3.63) is 52.2 Å². The van der Waals surface area contributed by atoms with Crippen LogP contribution in [-0.4, -0.2) is 37.4 Å². The van der Waals surface area contributed by atoms with Gasteiger partial charge in [0.15, 0.2) is 0 Å². The topological polar surface area (TPSA) is 67.8 Å². The summed E-state index contributed by atoms with van der Waals surface area (Å²) in [6.45, 7) is 0.787. The van der Waals surface area contributed by atoms with E-state index in [0.29, 0.717) is 13.0 Å². The molecule has 1 atom stereocenters. The Morgan fingerprint density at radius 2 is 2.04 bits per heavy atom. The Bertz CT molecular complexity index is 598. The lowest BCUT2D eigenvalue weighted by Crippen LogP contribution is -2.34. The molecule has 0 aliphatic carbocycles. The second-order valence-corrected chi connectivity index (χ2v) is 6.23. The number of hydrogen-bond donors (Lipinski definition) is 2. The van der Waals surface area contributed by atoms with Gasteiger partial charge in [0.2, 0.25) is 5.91 Å². The molecule has 2 aromatic rings. The lowest BCUT2D eigenvalue weighted by atomic mass is 10.2. The molecule has 1 aromatic heterocycles. The van der Waals surface area contributed by atoms with Gasteiger partial charge in [0.1, 0.15) is 5.75 Å². The van der Waals surface area contributed by atoms with E-state index in [1.165, 1.54) is 5.56 Å². The van der Waals surface area contributed by atoms with Crippen LogP contribution in [0.4, 0.5) is 0 Å². The van der Waals surface area contributed by atoms with Crippen LogP contribution in [0, 0.1) is 0 Å². The van der Waals surface area contributed by atoms with Crippen LogP contribution in [0.15, 0.2) is 41.1 Å². The zero-order chi connectivity index (χ0) is 17.2. The molecule has 2 N–H and O–H groups in total. The van der Waals surface area contributed by atoms with E-state index in [0.717, 1.165) is 17.7 Å². The molecule has 6 heteroatoms. The van der Waals surface area contributed by atoms with E-state index in [1.54, 1.807) is 18.4 Å². The highest BCUT2D eigenvalue weighted by atomic mass is 32.1. The van der Waals surface area contributed by atoms with Gasteiger partial charge in [-0.3, -0.25) is 4.79 Å². The molecule has 5 nitrogen and oxygen atoms in total. The summed E-state index contributed by atoms with van der Waals surface area (Å²) >= 11 is 1.62. The summed E-state index contributed by atoms with van der Waals surface area (Å²) in [5.74, 6) is 0.736. The van der Waals surface area contributed by atoms with E-state index >= 15 is 0 Å². The van der Waals surface area contributed by atoms with E-state index < -0.39 is 6.10 Å². The Labute approximate surface area is 146 Å². The molecule has 0 radical (unpaired) electrons. The van der Waals surface area contributed by atoms with Gasteiger partial charge < -0.3 is 19.9 Å². The number of carbonyl (C=O) groups excluding carboxylic acids is 1. The maximum Gasteiger partial charge on any atom is 0.220 e. The van der Waals surface area contributed by atoms with Crippen LogP contribution in [0.1, 0.15) is 17.5 Å². The second-order valence-electron chi connectivity index (χ2n) is 5.45. The van der Waals surface area contributed by atoms with Crippen LogP contribution >= 0.6 is 11.3 Å². The molecule has 1 aromatic carbocycles. The van der Waals surface area contributed by atoms with Crippen molar-refractivity contribution in [3.8, 4) is 5.75 Å². The molecule has 1 amide bonds. The molecule has 0 aliphatic rings. The first-order valence-electron chi connectivity index (χ1n) is 7.84. The number of aliphatic hydroxyl groups is 1. The lowest BCUT2D eigenvalue weighted by Gasteiger charge is -2.12. The Balaban J connectivity index is 1.57. The Kier molecular flexibility index (Phi) is 7.74. The predicted molar refractivity (Wildman–Crippen MR) is 94.3 cm³/mol. The highest BCUT2D eigenvalue weighted by molar-refractivity contribution is 7.07. The van der Waals surface area contributed by atoms with Crippen LogP contribution in [0.5, 0.6) is 5.75 Å². The average Bonchev–Trinajstić information content (AvgIpc) is 3.12. The molecular formula is C18H23NO4S. The molecule has 24 heavy (non-hydrogen) atoms. The predicted octanol–water partition coefficient (Wildman–Crippen LogP) is 2.38. The third kappa shape index (κ3) is 6.70. The van der Waals surface area contributed by atoms with Crippen LogP contribution < -0.4 is 10.1 Å². The maximum atomic E-state index is 11.7. The van der Waals surface area contributed by atoms with Crippen molar-refractivity contribution in [2.24, 2.45) is 0 Å². The van der Waals surface area contributed by atoms with Crippen molar-refractivity contribution < 1.29 is 19.4 Å². The lowest BCUT2D eigenvalue weighted by molar-refractivity contribution is -0.121. The fourth-order valence-electron chi connectivity index (χ4n) is 2.11. The SMILES string of the molecule is COc1ccc(COCC(O)CNC(=O)CCc2ccsc2)cc1. The summed E-state index contributed by atoms with van der Waals surface area (Å²) < 4.78 is 10.6. The summed E-state index contributed by atoms with van der Waals surface area (Å²) in [6.07, 6.45) is 0.434. The number of aryl methyl sites for hydroxylation is 1. The van der Waals surface area contributed by atoms with E-state index in [4.69, 9.17) is 9.47 Å². The molecule has 0 saturated heterocycles. The van der Waals surface area contributed by atoms with Gasteiger partial charge in [-0.2, -0.15) is 11.3 Å². The monoisotopic (exact) mass is 349 g/mol. The fourth-order valence-corrected chi connectivity index (χ4v) is 2.81. The number of nitrogens with one attached hydrogen (secondary N) is 1. The first-order valence-corrected chi connectivity index (χ1v) is 8.78. The van der Waals surface area contributed by atoms with Gasteiger partial charge in [0.25, 0.3) is 0 Å². The van der Waals surface area contributed by atoms with Gasteiger partial charge in [0.05, 0.1) is 26.4 Å². The van der Waals surface area contributed by atoms with Crippen molar-refractivity contribution >= 4 is 17.2 Å². The Morgan fingerprint density at radius 1 is 1.25 bits per heavy atom. The molecule has 0 saturated carbocycles. The molecule has 2 rings (SSSR count). The van der Waals surface area contributed by atoms with E-state index in [-0.39, 0.29) is 19.1 Å². The largest absolute Gasteiger partial charge is 0.497 e. The number of ether oxygens (including phenoxy) is 2. The zero-order valence-electron chi connectivity index (χ0n) is 13.7. The summed E-state index contributed by atoms with van der Waals surface area (Å²) in [6, 6.07) is 9.57. The number of thiophene rings is 1. The van der Waals surface area contributed by atoms with Crippen LogP contribution in [0.2, 0.25) is 0 Å². The molecule has 0 spiro atoms. The summed E-state index contributed by atoms with van der Waals surface area (Å²) in [5, 5.41) is 16.6. The minimum atomic E-state index is -0.714. The van der Waals surface area contributed by atoms with Crippen LogP contribution in [0.25, 0.3) is 0 Å². The Hall–Kier alpha value is -1.89. The first-order chi connectivity index (χ1) is 11.7. The van der Waals surface area contributed by atoms with Crippen molar-refractivity contribution in [3.63, 3.8) is 0 Å².